The summed E-state index contributed by atoms with van der Waals surface area (Å²) in [7, 11) is 0. The van der Waals surface area contributed by atoms with Gasteiger partial charge in [0.1, 0.15) is 0 Å². The molecule has 1 aromatic carbocycles. The molecule has 2 heteroatoms. The number of hydrogen-bond acceptors (Lipinski definition) is 1. The van der Waals surface area contributed by atoms with Crippen LogP contribution in [0, 0.1) is 5.41 Å². The summed E-state index contributed by atoms with van der Waals surface area (Å²) in [4.78, 5) is 0. The van der Waals surface area contributed by atoms with Gasteiger partial charge >= 0.3 is 0 Å². The van der Waals surface area contributed by atoms with Crippen molar-refractivity contribution in [2.24, 2.45) is 5.41 Å². The highest BCUT2D eigenvalue weighted by Crippen LogP contribution is 2.48. The van der Waals surface area contributed by atoms with Gasteiger partial charge in [0.05, 0.1) is 0 Å². The van der Waals surface area contributed by atoms with Gasteiger partial charge in [-0.3, -0.25) is 0 Å². The van der Waals surface area contributed by atoms with Crippen LogP contribution in [0.1, 0.15) is 30.4 Å². The van der Waals surface area contributed by atoms with E-state index in [1.54, 1.807) is 11.1 Å². The van der Waals surface area contributed by atoms with Crippen LogP contribution in [-0.2, 0) is 6.42 Å². The molecule has 2 aliphatic rings. The Labute approximate surface area is 99.4 Å². The van der Waals surface area contributed by atoms with E-state index in [4.69, 9.17) is 0 Å². The Morgan fingerprint density at radius 2 is 2.33 bits per heavy atom. The Morgan fingerprint density at radius 3 is 3.20 bits per heavy atom. The molecule has 2 atom stereocenters. The summed E-state index contributed by atoms with van der Waals surface area (Å²) in [6.07, 6.45) is 2.55. The van der Waals surface area contributed by atoms with E-state index in [0.717, 1.165) is 12.5 Å². The molecule has 1 fully saturated rings. The zero-order chi connectivity index (χ0) is 10.5. The van der Waals surface area contributed by atoms with Gasteiger partial charge in [0.2, 0.25) is 0 Å². The molecule has 0 amide bonds. The zero-order valence-corrected chi connectivity index (χ0v) is 10.6. The van der Waals surface area contributed by atoms with Gasteiger partial charge in [-0.2, -0.15) is 0 Å². The fraction of sp³-hybridized carbons (Fsp3) is 0.538. The Hall–Kier alpha value is -0.340. The van der Waals surface area contributed by atoms with E-state index in [1.165, 1.54) is 23.9 Å². The van der Waals surface area contributed by atoms with Crippen LogP contribution in [0.3, 0.4) is 0 Å². The molecular formula is C13H16BrN. The van der Waals surface area contributed by atoms with Crippen LogP contribution < -0.4 is 5.32 Å². The van der Waals surface area contributed by atoms with Gasteiger partial charge in [0.15, 0.2) is 0 Å². The molecule has 0 unspecified atom stereocenters. The fourth-order valence-corrected chi connectivity index (χ4v) is 3.78. The third-order valence-electron chi connectivity index (χ3n) is 4.20. The van der Waals surface area contributed by atoms with Crippen LogP contribution in [0.2, 0.25) is 0 Å². The quantitative estimate of drug-likeness (QED) is 0.761. The average molecular weight is 266 g/mol. The molecule has 1 N–H and O–H groups in total. The van der Waals surface area contributed by atoms with Crippen molar-refractivity contribution in [1.82, 2.24) is 5.32 Å². The van der Waals surface area contributed by atoms with Crippen LogP contribution in [-0.4, -0.2) is 13.1 Å². The smallest absolute Gasteiger partial charge is 0.0210 e. The van der Waals surface area contributed by atoms with Crippen molar-refractivity contribution in [2.45, 2.75) is 25.7 Å². The highest BCUT2D eigenvalue weighted by molar-refractivity contribution is 9.10. The lowest BCUT2D eigenvalue weighted by Gasteiger charge is -2.37. The van der Waals surface area contributed by atoms with Crippen molar-refractivity contribution >= 4 is 15.9 Å². The Balaban J connectivity index is 2.13. The Kier molecular flexibility index (Phi) is 2.18. The van der Waals surface area contributed by atoms with Crippen LogP contribution in [0.5, 0.6) is 0 Å². The molecule has 1 nitrogen and oxygen atoms in total. The summed E-state index contributed by atoms with van der Waals surface area (Å²) in [5.74, 6) is 0.721. The molecule has 1 aromatic rings. The first-order valence-corrected chi connectivity index (χ1v) is 6.48. The lowest BCUT2D eigenvalue weighted by atomic mass is 9.67. The predicted octanol–water partition coefficient (Wildman–Crippen LogP) is 3.09. The second-order valence-electron chi connectivity index (χ2n) is 5.15. The molecule has 1 aliphatic carbocycles. The molecule has 0 radical (unpaired) electrons. The minimum Gasteiger partial charge on any atom is -0.316 e. The SMILES string of the molecule is C[C@]12CCc3c(Br)cccc3[C@@H]1CNC2. The molecule has 1 saturated heterocycles. The normalized spacial score (nSPS) is 33.6. The molecule has 15 heavy (non-hydrogen) atoms. The largest absolute Gasteiger partial charge is 0.316 e. The second-order valence-corrected chi connectivity index (χ2v) is 6.00. The standard InChI is InChI=1S/C13H16BrN/c1-13-6-5-10-9(3-2-4-12(10)14)11(13)7-15-8-13/h2-4,11,15H,5-8H2,1H3/t11-,13+/m0/s1. The van der Waals surface area contributed by atoms with Crippen LogP contribution in [0.4, 0.5) is 0 Å². The first kappa shape index (κ1) is 9.86. The van der Waals surface area contributed by atoms with Crippen molar-refractivity contribution in [3.8, 4) is 0 Å². The average Bonchev–Trinajstić information content (AvgIpc) is 2.60. The summed E-state index contributed by atoms with van der Waals surface area (Å²) >= 11 is 3.68. The van der Waals surface area contributed by atoms with E-state index in [2.05, 4.69) is 46.4 Å². The molecule has 3 rings (SSSR count). The topological polar surface area (TPSA) is 12.0 Å². The molecular weight excluding hydrogens is 250 g/mol. The van der Waals surface area contributed by atoms with Gasteiger partial charge in [-0.25, -0.2) is 0 Å². The molecule has 0 saturated carbocycles. The van der Waals surface area contributed by atoms with E-state index >= 15 is 0 Å². The van der Waals surface area contributed by atoms with E-state index in [1.807, 2.05) is 0 Å². The molecule has 0 aromatic heterocycles. The van der Waals surface area contributed by atoms with Gasteiger partial charge in [-0.15, -0.1) is 0 Å². The van der Waals surface area contributed by atoms with Crippen molar-refractivity contribution < 1.29 is 0 Å². The van der Waals surface area contributed by atoms with E-state index < -0.39 is 0 Å². The van der Waals surface area contributed by atoms with Gasteiger partial charge < -0.3 is 5.32 Å². The highest BCUT2D eigenvalue weighted by atomic mass is 79.9. The maximum absolute atomic E-state index is 3.68. The minimum atomic E-state index is 0.494. The van der Waals surface area contributed by atoms with Crippen LogP contribution in [0.25, 0.3) is 0 Å². The van der Waals surface area contributed by atoms with Gasteiger partial charge in [-0.05, 0) is 35.4 Å². The fourth-order valence-electron chi connectivity index (χ4n) is 3.20. The zero-order valence-electron chi connectivity index (χ0n) is 9.02. The van der Waals surface area contributed by atoms with Crippen LogP contribution in [0.15, 0.2) is 22.7 Å². The molecule has 0 bridgehead atoms. The number of benzene rings is 1. The monoisotopic (exact) mass is 265 g/mol. The predicted molar refractivity (Wildman–Crippen MR) is 66.2 cm³/mol. The molecule has 1 aliphatic heterocycles. The number of nitrogens with one attached hydrogen (secondary N) is 1. The molecule has 1 heterocycles. The minimum absolute atomic E-state index is 0.494. The first-order valence-electron chi connectivity index (χ1n) is 5.69. The number of halogens is 1. The van der Waals surface area contributed by atoms with Gasteiger partial charge in [0, 0.05) is 23.5 Å². The van der Waals surface area contributed by atoms with Crippen molar-refractivity contribution in [3.05, 3.63) is 33.8 Å². The summed E-state index contributed by atoms with van der Waals surface area (Å²) in [5, 5.41) is 3.55. The lowest BCUT2D eigenvalue weighted by molar-refractivity contribution is 0.277. The first-order chi connectivity index (χ1) is 7.21. The van der Waals surface area contributed by atoms with Crippen molar-refractivity contribution in [1.29, 1.82) is 0 Å². The Bertz CT molecular complexity index is 402. The summed E-state index contributed by atoms with van der Waals surface area (Å²) in [6.45, 7) is 4.77. The Morgan fingerprint density at radius 1 is 1.47 bits per heavy atom. The second kappa shape index (κ2) is 3.33. The van der Waals surface area contributed by atoms with Crippen molar-refractivity contribution in [3.63, 3.8) is 0 Å². The summed E-state index contributed by atoms with van der Waals surface area (Å²) < 4.78 is 1.30. The molecule has 0 spiro atoms. The number of hydrogen-bond donors (Lipinski definition) is 1. The lowest BCUT2D eigenvalue weighted by Crippen LogP contribution is -2.30. The van der Waals surface area contributed by atoms with E-state index in [9.17, 15) is 0 Å². The highest BCUT2D eigenvalue weighted by Gasteiger charge is 2.43. The van der Waals surface area contributed by atoms with E-state index in [-0.39, 0.29) is 0 Å². The summed E-state index contributed by atoms with van der Waals surface area (Å²) in [6, 6.07) is 6.66. The maximum Gasteiger partial charge on any atom is 0.0210 e. The molecule has 80 valence electrons. The maximum atomic E-state index is 3.68. The van der Waals surface area contributed by atoms with Crippen molar-refractivity contribution in [2.75, 3.05) is 13.1 Å². The number of fused-ring (bicyclic) bond motifs is 3. The van der Waals surface area contributed by atoms with Crippen LogP contribution >= 0.6 is 15.9 Å². The van der Waals surface area contributed by atoms with Gasteiger partial charge in [0.25, 0.3) is 0 Å². The third-order valence-corrected chi connectivity index (χ3v) is 4.94. The third kappa shape index (κ3) is 1.38. The summed E-state index contributed by atoms with van der Waals surface area (Å²) in [5.41, 5.74) is 3.61. The van der Waals surface area contributed by atoms with E-state index in [0.29, 0.717) is 5.41 Å². The number of rotatable bonds is 0. The van der Waals surface area contributed by atoms with Gasteiger partial charge in [-0.1, -0.05) is 35.0 Å².